The summed E-state index contributed by atoms with van der Waals surface area (Å²) in [5.74, 6) is 1.91. The van der Waals surface area contributed by atoms with Gasteiger partial charge in [-0.3, -0.25) is 9.69 Å². The van der Waals surface area contributed by atoms with E-state index >= 15 is 0 Å². The minimum absolute atomic E-state index is 0.160. The van der Waals surface area contributed by atoms with Crippen LogP contribution in [0.3, 0.4) is 0 Å². The van der Waals surface area contributed by atoms with Crippen molar-refractivity contribution in [3.8, 4) is 11.5 Å². The second kappa shape index (κ2) is 8.97. The van der Waals surface area contributed by atoms with Crippen molar-refractivity contribution >= 4 is 23.5 Å². The molecule has 0 saturated carbocycles. The lowest BCUT2D eigenvalue weighted by Gasteiger charge is -2.18. The van der Waals surface area contributed by atoms with Crippen LogP contribution in [0.4, 0.5) is 5.69 Å². The van der Waals surface area contributed by atoms with Crippen LogP contribution in [-0.2, 0) is 4.79 Å². The molecule has 5 rings (SSSR count). The number of carbonyl (C=O) groups excluding carboxylic acids is 1. The van der Waals surface area contributed by atoms with E-state index in [1.807, 2.05) is 116 Å². The van der Waals surface area contributed by atoms with Crippen molar-refractivity contribution in [1.82, 2.24) is 0 Å². The van der Waals surface area contributed by atoms with E-state index in [-0.39, 0.29) is 5.91 Å². The summed E-state index contributed by atoms with van der Waals surface area (Å²) in [6, 6.07) is 34.9. The van der Waals surface area contributed by atoms with Gasteiger partial charge in [-0.25, -0.2) is 4.99 Å². The van der Waals surface area contributed by atoms with Gasteiger partial charge in [0.05, 0.1) is 5.69 Å². The number of ether oxygens (including phenoxy) is 1. The van der Waals surface area contributed by atoms with Crippen molar-refractivity contribution in [3.63, 3.8) is 0 Å². The molecule has 0 radical (unpaired) electrons. The van der Waals surface area contributed by atoms with Crippen molar-refractivity contribution in [2.24, 2.45) is 4.99 Å². The highest BCUT2D eigenvalue weighted by molar-refractivity contribution is 6.33. The Balaban J connectivity index is 1.51. The van der Waals surface area contributed by atoms with E-state index in [2.05, 4.69) is 0 Å². The second-order valence-corrected chi connectivity index (χ2v) is 7.79. The van der Waals surface area contributed by atoms with Gasteiger partial charge in [0.1, 0.15) is 23.0 Å². The van der Waals surface area contributed by atoms with E-state index in [1.165, 1.54) is 0 Å². The average Bonchev–Trinajstić information content (AvgIpc) is 3.17. The molecule has 1 heterocycles. The van der Waals surface area contributed by atoms with E-state index in [0.717, 1.165) is 28.1 Å². The number of amidine groups is 1. The van der Waals surface area contributed by atoms with Crippen LogP contribution in [0.1, 0.15) is 16.7 Å². The maximum absolute atomic E-state index is 13.5. The predicted molar refractivity (Wildman–Crippen MR) is 133 cm³/mol. The van der Waals surface area contributed by atoms with Crippen LogP contribution in [0.15, 0.2) is 120 Å². The maximum Gasteiger partial charge on any atom is 0.282 e. The van der Waals surface area contributed by atoms with Crippen molar-refractivity contribution in [2.45, 2.75) is 6.92 Å². The zero-order valence-electron chi connectivity index (χ0n) is 18.2. The van der Waals surface area contributed by atoms with Crippen molar-refractivity contribution in [1.29, 1.82) is 0 Å². The standard InChI is InChI=1S/C29H22N2O2/c1-21-15-17-24(18-16-21)31-28(23-10-4-2-5-11-23)30-27(29(31)32)20-22-9-8-14-26(19-22)33-25-12-6-3-7-13-25/h2-20H,1H3. The van der Waals surface area contributed by atoms with Crippen molar-refractivity contribution < 1.29 is 9.53 Å². The van der Waals surface area contributed by atoms with Gasteiger partial charge in [0.25, 0.3) is 5.91 Å². The molecule has 0 spiro atoms. The Hall–Kier alpha value is -4.44. The SMILES string of the molecule is Cc1ccc(N2C(=O)C(=Cc3cccc(Oc4ccccc4)c3)N=C2c2ccccc2)cc1. The maximum atomic E-state index is 13.5. The summed E-state index contributed by atoms with van der Waals surface area (Å²) in [6.45, 7) is 2.03. The largest absolute Gasteiger partial charge is 0.457 e. The lowest BCUT2D eigenvalue weighted by atomic mass is 10.1. The summed E-state index contributed by atoms with van der Waals surface area (Å²) >= 11 is 0. The molecular weight excluding hydrogens is 408 g/mol. The third kappa shape index (κ3) is 4.46. The zero-order valence-corrected chi connectivity index (χ0v) is 18.2. The minimum Gasteiger partial charge on any atom is -0.457 e. The van der Waals surface area contributed by atoms with Gasteiger partial charge in [-0.2, -0.15) is 0 Å². The number of aryl methyl sites for hydroxylation is 1. The lowest BCUT2D eigenvalue weighted by molar-refractivity contribution is -0.113. The van der Waals surface area contributed by atoms with Gasteiger partial charge in [-0.1, -0.05) is 78.4 Å². The lowest BCUT2D eigenvalue weighted by Crippen LogP contribution is -2.32. The molecule has 4 aromatic rings. The van der Waals surface area contributed by atoms with Gasteiger partial charge in [-0.05, 0) is 55.0 Å². The molecule has 0 fully saturated rings. The third-order valence-corrected chi connectivity index (χ3v) is 5.32. The Morgan fingerprint density at radius 3 is 2.15 bits per heavy atom. The molecule has 0 aliphatic carbocycles. The quantitative estimate of drug-likeness (QED) is 0.334. The first kappa shape index (κ1) is 20.5. The van der Waals surface area contributed by atoms with Crippen LogP contribution in [0.5, 0.6) is 11.5 Å². The van der Waals surface area contributed by atoms with Gasteiger partial charge in [0, 0.05) is 5.56 Å². The first-order valence-corrected chi connectivity index (χ1v) is 10.8. The predicted octanol–water partition coefficient (Wildman–Crippen LogP) is 6.62. The number of amides is 1. The normalized spacial score (nSPS) is 14.5. The number of rotatable bonds is 5. The van der Waals surface area contributed by atoms with E-state index in [1.54, 1.807) is 11.0 Å². The van der Waals surface area contributed by atoms with Gasteiger partial charge in [0.15, 0.2) is 0 Å². The van der Waals surface area contributed by atoms with Gasteiger partial charge < -0.3 is 4.74 Å². The highest BCUT2D eigenvalue weighted by atomic mass is 16.5. The summed E-state index contributed by atoms with van der Waals surface area (Å²) in [6.07, 6.45) is 1.80. The third-order valence-electron chi connectivity index (χ3n) is 5.32. The van der Waals surface area contributed by atoms with Gasteiger partial charge >= 0.3 is 0 Å². The Morgan fingerprint density at radius 1 is 0.758 bits per heavy atom. The number of carbonyl (C=O) groups is 1. The topological polar surface area (TPSA) is 41.9 Å². The fraction of sp³-hybridized carbons (Fsp3) is 0.0345. The number of benzene rings is 4. The van der Waals surface area contributed by atoms with Crippen LogP contribution < -0.4 is 9.64 Å². The highest BCUT2D eigenvalue weighted by Crippen LogP contribution is 2.29. The summed E-state index contributed by atoms with van der Waals surface area (Å²) in [4.78, 5) is 19.9. The molecule has 33 heavy (non-hydrogen) atoms. The van der Waals surface area contributed by atoms with Gasteiger partial charge in [0.2, 0.25) is 0 Å². The van der Waals surface area contributed by atoms with Crippen molar-refractivity contribution in [2.75, 3.05) is 4.90 Å². The number of para-hydroxylation sites is 1. The van der Waals surface area contributed by atoms with Gasteiger partial charge in [-0.15, -0.1) is 0 Å². The summed E-state index contributed by atoms with van der Waals surface area (Å²) < 4.78 is 5.94. The first-order chi connectivity index (χ1) is 16.2. The van der Waals surface area contributed by atoms with Crippen LogP contribution in [0, 0.1) is 6.92 Å². The Kier molecular flexibility index (Phi) is 5.56. The van der Waals surface area contributed by atoms with E-state index < -0.39 is 0 Å². The first-order valence-electron chi connectivity index (χ1n) is 10.8. The molecule has 4 nitrogen and oxygen atoms in total. The van der Waals surface area contributed by atoms with E-state index in [4.69, 9.17) is 9.73 Å². The molecule has 4 aromatic carbocycles. The van der Waals surface area contributed by atoms with Crippen molar-refractivity contribution in [3.05, 3.63) is 132 Å². The molecular formula is C29H22N2O2. The number of aliphatic imine (C=N–C) groups is 1. The molecule has 1 amide bonds. The summed E-state index contributed by atoms with van der Waals surface area (Å²) in [5.41, 5.74) is 4.03. The molecule has 4 heteroatoms. The molecule has 0 saturated heterocycles. The van der Waals surface area contributed by atoms with Crippen LogP contribution in [-0.4, -0.2) is 11.7 Å². The Bertz CT molecular complexity index is 1340. The smallest absolute Gasteiger partial charge is 0.282 e. The molecule has 0 aromatic heterocycles. The Labute approximate surface area is 193 Å². The fourth-order valence-corrected chi connectivity index (χ4v) is 3.68. The molecule has 0 bridgehead atoms. The molecule has 1 aliphatic heterocycles. The van der Waals surface area contributed by atoms with E-state index in [0.29, 0.717) is 17.3 Å². The van der Waals surface area contributed by atoms with E-state index in [9.17, 15) is 4.79 Å². The monoisotopic (exact) mass is 430 g/mol. The molecule has 160 valence electrons. The summed E-state index contributed by atoms with van der Waals surface area (Å²) in [5, 5.41) is 0. The molecule has 0 unspecified atom stereocenters. The number of hydrogen-bond donors (Lipinski definition) is 0. The average molecular weight is 431 g/mol. The fourth-order valence-electron chi connectivity index (χ4n) is 3.68. The minimum atomic E-state index is -0.160. The van der Waals surface area contributed by atoms with Crippen LogP contribution >= 0.6 is 0 Å². The van der Waals surface area contributed by atoms with Crippen LogP contribution in [0.2, 0.25) is 0 Å². The molecule has 1 aliphatic rings. The Morgan fingerprint density at radius 2 is 1.42 bits per heavy atom. The van der Waals surface area contributed by atoms with Crippen LogP contribution in [0.25, 0.3) is 6.08 Å². The zero-order chi connectivity index (χ0) is 22.6. The molecule has 0 atom stereocenters. The summed E-state index contributed by atoms with van der Waals surface area (Å²) in [7, 11) is 0. The molecule has 0 N–H and O–H groups in total. The second-order valence-electron chi connectivity index (χ2n) is 7.79. The number of anilines is 1. The number of hydrogen-bond acceptors (Lipinski definition) is 3. The number of nitrogens with zero attached hydrogens (tertiary/aromatic N) is 2. The highest BCUT2D eigenvalue weighted by Gasteiger charge is 2.32.